The average molecular weight is 473 g/mol. The number of aliphatic hydroxyl groups is 1. The summed E-state index contributed by atoms with van der Waals surface area (Å²) in [6.45, 7) is 4.13. The number of nitrogens with zero attached hydrogens (tertiary/aromatic N) is 2. The molecule has 0 radical (unpaired) electrons. The predicted molar refractivity (Wildman–Crippen MR) is 113 cm³/mol. The molecule has 3 rings (SSSR count). The van der Waals surface area contributed by atoms with E-state index in [1.165, 1.54) is 25.3 Å². The number of esters is 1. The number of aromatic nitrogens is 1. The summed E-state index contributed by atoms with van der Waals surface area (Å²) in [5.74, 6) is -0.528. The fraction of sp³-hybridized carbons (Fsp3) is 0.545. The van der Waals surface area contributed by atoms with Crippen LogP contribution in [0, 0.1) is 11.3 Å². The molecule has 0 unspecified atom stereocenters. The molecule has 0 bridgehead atoms. The molecule has 1 N–H and O–H groups in total. The molecular formula is C22H27ClF2N2O5. The molecule has 2 aromatic rings. The number of hydrogen-bond donors (Lipinski definition) is 1. The highest BCUT2D eigenvalue weighted by atomic mass is 35.5. The Bertz CT molecular complexity index is 962. The molecular weight excluding hydrogens is 446 g/mol. The number of piperidine rings is 1. The van der Waals surface area contributed by atoms with E-state index < -0.39 is 18.2 Å². The molecule has 176 valence electrons. The number of carbonyl (C=O) groups is 1. The number of likely N-dealkylation sites (tertiary alicyclic amines) is 1. The van der Waals surface area contributed by atoms with Gasteiger partial charge in [0, 0.05) is 30.7 Å². The minimum absolute atomic E-state index is 0.0192. The minimum atomic E-state index is -3.00. The number of carbonyl (C=O) groups excluding carboxylic acids is 1. The van der Waals surface area contributed by atoms with Gasteiger partial charge in [0.1, 0.15) is 5.75 Å². The summed E-state index contributed by atoms with van der Waals surface area (Å²) in [4.78, 5) is 14.2. The Morgan fingerprint density at radius 3 is 2.75 bits per heavy atom. The molecule has 10 heteroatoms. The van der Waals surface area contributed by atoms with Crippen LogP contribution in [-0.2, 0) is 16.1 Å². The molecule has 7 nitrogen and oxygen atoms in total. The van der Waals surface area contributed by atoms with Gasteiger partial charge in [0.2, 0.25) is 0 Å². The zero-order valence-electron chi connectivity index (χ0n) is 18.4. The summed E-state index contributed by atoms with van der Waals surface area (Å²) in [7, 11) is 1.25. The lowest BCUT2D eigenvalue weighted by Gasteiger charge is -2.45. The van der Waals surface area contributed by atoms with Crippen LogP contribution in [0.4, 0.5) is 8.78 Å². The lowest BCUT2D eigenvalue weighted by atomic mass is 9.71. The van der Waals surface area contributed by atoms with Gasteiger partial charge in [-0.2, -0.15) is 8.78 Å². The van der Waals surface area contributed by atoms with Crippen molar-refractivity contribution in [2.45, 2.75) is 45.9 Å². The molecule has 0 amide bonds. The predicted octanol–water partition coefficient (Wildman–Crippen LogP) is 4.37. The van der Waals surface area contributed by atoms with Crippen molar-refractivity contribution in [2.75, 3.05) is 20.2 Å². The maximum absolute atomic E-state index is 12.8. The van der Waals surface area contributed by atoms with Crippen molar-refractivity contribution in [3.05, 3.63) is 35.0 Å². The zero-order valence-corrected chi connectivity index (χ0v) is 19.2. The summed E-state index contributed by atoms with van der Waals surface area (Å²) in [5.41, 5.74) is -1.04. The zero-order chi connectivity index (χ0) is 23.7. The maximum Gasteiger partial charge on any atom is 0.387 e. The van der Waals surface area contributed by atoms with Crippen molar-refractivity contribution in [1.82, 2.24) is 10.1 Å². The van der Waals surface area contributed by atoms with Gasteiger partial charge >= 0.3 is 12.6 Å². The van der Waals surface area contributed by atoms with Crippen LogP contribution in [0.25, 0.3) is 11.3 Å². The Labute approximate surface area is 190 Å². The van der Waals surface area contributed by atoms with Crippen LogP contribution in [0.15, 0.2) is 28.8 Å². The standard InChI is InChI=1S/C22H27ClF2N2O5/c1-21(2,3)13-9-22(29,19(28)30-4)12-27(10-13)11-15-8-18(32-26-15)16-7-14(23)5-6-17(16)31-20(24)25/h5-8,13,20,29H,9-12H2,1-4H3/t13-,22+/m1/s1. The number of alkyl halides is 2. The van der Waals surface area contributed by atoms with E-state index >= 15 is 0 Å². The number of ether oxygens (including phenoxy) is 2. The second-order valence-electron chi connectivity index (χ2n) is 9.16. The third-order valence-corrected chi connectivity index (χ3v) is 5.94. The highest BCUT2D eigenvalue weighted by Gasteiger charge is 2.47. The van der Waals surface area contributed by atoms with Crippen molar-refractivity contribution < 1.29 is 32.7 Å². The third kappa shape index (κ3) is 5.57. The van der Waals surface area contributed by atoms with Crippen molar-refractivity contribution >= 4 is 17.6 Å². The molecule has 1 aliphatic heterocycles. The van der Waals surface area contributed by atoms with Crippen LogP contribution in [0.5, 0.6) is 5.75 Å². The van der Waals surface area contributed by atoms with E-state index in [-0.39, 0.29) is 41.5 Å². The second kappa shape index (κ2) is 9.33. The Morgan fingerprint density at radius 1 is 1.41 bits per heavy atom. The summed E-state index contributed by atoms with van der Waals surface area (Å²) < 4.78 is 40.3. The fourth-order valence-corrected chi connectivity index (χ4v) is 4.13. The molecule has 32 heavy (non-hydrogen) atoms. The van der Waals surface area contributed by atoms with Crippen molar-refractivity contribution in [3.63, 3.8) is 0 Å². The molecule has 0 aliphatic carbocycles. The van der Waals surface area contributed by atoms with Gasteiger partial charge in [-0.25, -0.2) is 4.79 Å². The number of benzene rings is 1. The van der Waals surface area contributed by atoms with Gasteiger partial charge in [-0.1, -0.05) is 37.5 Å². The maximum atomic E-state index is 12.8. The van der Waals surface area contributed by atoms with Gasteiger partial charge in [-0.3, -0.25) is 4.90 Å². The van der Waals surface area contributed by atoms with Gasteiger partial charge in [0.05, 0.1) is 18.4 Å². The quantitative estimate of drug-likeness (QED) is 0.625. The molecule has 0 spiro atoms. The topological polar surface area (TPSA) is 85.0 Å². The van der Waals surface area contributed by atoms with E-state index in [0.29, 0.717) is 23.7 Å². The highest BCUT2D eigenvalue weighted by molar-refractivity contribution is 6.30. The monoisotopic (exact) mass is 472 g/mol. The first-order valence-corrected chi connectivity index (χ1v) is 10.5. The number of rotatable bonds is 6. The number of methoxy groups -OCH3 is 1. The van der Waals surface area contributed by atoms with Crippen LogP contribution in [-0.4, -0.2) is 53.5 Å². The average Bonchev–Trinajstić information content (AvgIpc) is 3.15. The van der Waals surface area contributed by atoms with E-state index in [1.54, 1.807) is 6.07 Å². The largest absolute Gasteiger partial charge is 0.467 e. The molecule has 1 aromatic heterocycles. The molecule has 1 saturated heterocycles. The normalized spacial score (nSPS) is 22.2. The van der Waals surface area contributed by atoms with E-state index in [4.69, 9.17) is 20.9 Å². The number of halogens is 3. The molecule has 1 fully saturated rings. The number of β-amino-alcohol motifs (C(OH)–C–C–N with tert-alkyl or cyclic N) is 1. The van der Waals surface area contributed by atoms with Gasteiger partial charge < -0.3 is 19.1 Å². The molecule has 2 heterocycles. The smallest absolute Gasteiger partial charge is 0.387 e. The number of hydrogen-bond acceptors (Lipinski definition) is 7. The Kier molecular flexibility index (Phi) is 7.12. The summed E-state index contributed by atoms with van der Waals surface area (Å²) in [5, 5.41) is 15.4. The lowest BCUT2D eigenvalue weighted by Crippen LogP contribution is -2.58. The van der Waals surface area contributed by atoms with Gasteiger partial charge in [-0.15, -0.1) is 0 Å². The Hall–Kier alpha value is -2.23. The molecule has 1 aliphatic rings. The first kappa shape index (κ1) is 24.4. The van der Waals surface area contributed by atoms with Crippen LogP contribution >= 0.6 is 11.6 Å². The Morgan fingerprint density at radius 2 is 2.12 bits per heavy atom. The van der Waals surface area contributed by atoms with E-state index in [0.717, 1.165) is 0 Å². The van der Waals surface area contributed by atoms with Gasteiger partial charge in [-0.05, 0) is 36.0 Å². The van der Waals surface area contributed by atoms with E-state index in [9.17, 15) is 18.7 Å². The highest BCUT2D eigenvalue weighted by Crippen LogP contribution is 2.39. The summed E-state index contributed by atoms with van der Waals surface area (Å²) in [6.07, 6.45) is 0.292. The van der Waals surface area contributed by atoms with Gasteiger partial charge in [0.25, 0.3) is 0 Å². The van der Waals surface area contributed by atoms with Gasteiger partial charge in [0.15, 0.2) is 11.4 Å². The molecule has 0 saturated carbocycles. The SMILES string of the molecule is COC(=O)[C@]1(O)C[C@@H](C(C)(C)C)CN(Cc2cc(-c3cc(Cl)ccc3OC(F)F)on2)C1. The van der Waals surface area contributed by atoms with Crippen molar-refractivity contribution in [1.29, 1.82) is 0 Å². The first-order valence-electron chi connectivity index (χ1n) is 10.1. The second-order valence-corrected chi connectivity index (χ2v) is 9.60. The van der Waals surface area contributed by atoms with Crippen molar-refractivity contribution in [2.24, 2.45) is 11.3 Å². The first-order chi connectivity index (χ1) is 14.9. The van der Waals surface area contributed by atoms with Crippen molar-refractivity contribution in [3.8, 4) is 17.1 Å². The van der Waals surface area contributed by atoms with Crippen LogP contribution in [0.1, 0.15) is 32.9 Å². The summed E-state index contributed by atoms with van der Waals surface area (Å²) in [6, 6.07) is 5.83. The van der Waals surface area contributed by atoms with Crippen LogP contribution in [0.3, 0.4) is 0 Å². The van der Waals surface area contributed by atoms with Crippen LogP contribution in [0.2, 0.25) is 5.02 Å². The Balaban J connectivity index is 1.84. The van der Waals surface area contributed by atoms with E-state index in [2.05, 4.69) is 30.7 Å². The van der Waals surface area contributed by atoms with Crippen LogP contribution < -0.4 is 4.74 Å². The summed E-state index contributed by atoms with van der Waals surface area (Å²) >= 11 is 6.01. The third-order valence-electron chi connectivity index (χ3n) is 5.71. The lowest BCUT2D eigenvalue weighted by molar-refractivity contribution is -0.173. The molecule has 2 atom stereocenters. The van der Waals surface area contributed by atoms with E-state index in [1.807, 2.05) is 4.90 Å². The fourth-order valence-electron chi connectivity index (χ4n) is 3.96. The molecule has 1 aromatic carbocycles. The minimum Gasteiger partial charge on any atom is -0.467 e.